The van der Waals surface area contributed by atoms with Crippen LogP contribution in [0.5, 0.6) is 0 Å². The van der Waals surface area contributed by atoms with E-state index in [-0.39, 0.29) is 17.7 Å². The molecule has 0 fully saturated rings. The molecule has 6 heteroatoms. The summed E-state index contributed by atoms with van der Waals surface area (Å²) in [6, 6.07) is 3.63. The summed E-state index contributed by atoms with van der Waals surface area (Å²) in [5.74, 6) is -3.26. The van der Waals surface area contributed by atoms with Gasteiger partial charge in [0.05, 0.1) is 5.71 Å². The van der Waals surface area contributed by atoms with Crippen LogP contribution in [0, 0.1) is 11.6 Å². The number of carboxylic acids is 1. The highest BCUT2D eigenvalue weighted by Gasteiger charge is 2.43. The van der Waals surface area contributed by atoms with E-state index < -0.39 is 23.2 Å². The number of oxime groups is 1. The van der Waals surface area contributed by atoms with Crippen LogP contribution in [-0.4, -0.2) is 22.4 Å². The lowest BCUT2D eigenvalue weighted by atomic mass is 9.96. The van der Waals surface area contributed by atoms with Gasteiger partial charge in [-0.2, -0.15) is 0 Å². The molecular weight excluding hydrogens is 232 g/mol. The zero-order chi connectivity index (χ0) is 12.6. The van der Waals surface area contributed by atoms with E-state index in [0.29, 0.717) is 0 Å². The van der Waals surface area contributed by atoms with Gasteiger partial charge in [-0.05, 0) is 19.1 Å². The van der Waals surface area contributed by atoms with Crippen molar-refractivity contribution >= 4 is 11.7 Å². The van der Waals surface area contributed by atoms with Gasteiger partial charge in [-0.15, -0.1) is 0 Å². The highest BCUT2D eigenvalue weighted by Crippen LogP contribution is 2.28. The molecule has 1 unspecified atom stereocenters. The van der Waals surface area contributed by atoms with Crippen LogP contribution in [0.3, 0.4) is 0 Å². The molecule has 1 aromatic rings. The van der Waals surface area contributed by atoms with Gasteiger partial charge in [0.25, 0.3) is 0 Å². The zero-order valence-corrected chi connectivity index (χ0v) is 8.91. The topological polar surface area (TPSA) is 58.9 Å². The molecule has 1 aromatic carbocycles. The Labute approximate surface area is 95.5 Å². The Kier molecular flexibility index (Phi) is 2.57. The zero-order valence-electron chi connectivity index (χ0n) is 8.91. The van der Waals surface area contributed by atoms with Crippen molar-refractivity contribution in [3.63, 3.8) is 0 Å². The maximum atomic E-state index is 13.4. The highest BCUT2D eigenvalue weighted by atomic mass is 19.2. The molecular formula is C11H9F2NO3. The average Bonchev–Trinajstić information content (AvgIpc) is 2.66. The molecule has 17 heavy (non-hydrogen) atoms. The van der Waals surface area contributed by atoms with E-state index in [4.69, 9.17) is 9.94 Å². The molecule has 1 aliphatic heterocycles. The molecule has 0 saturated heterocycles. The number of rotatable bonds is 2. The van der Waals surface area contributed by atoms with Crippen molar-refractivity contribution in [2.24, 2.45) is 5.16 Å². The predicted octanol–water partition coefficient (Wildman–Crippen LogP) is 1.93. The largest absolute Gasteiger partial charge is 0.478 e. The van der Waals surface area contributed by atoms with Crippen LogP contribution in [0.4, 0.5) is 8.78 Å². The molecule has 1 atom stereocenters. The second-order valence-corrected chi connectivity index (χ2v) is 3.94. The summed E-state index contributed by atoms with van der Waals surface area (Å²) >= 11 is 0. The van der Waals surface area contributed by atoms with Crippen LogP contribution in [-0.2, 0) is 9.63 Å². The summed E-state index contributed by atoms with van der Waals surface area (Å²) in [5, 5.41) is 12.4. The summed E-state index contributed by atoms with van der Waals surface area (Å²) in [7, 11) is 0. The Morgan fingerprint density at radius 2 is 2.24 bits per heavy atom. The average molecular weight is 241 g/mol. The maximum absolute atomic E-state index is 13.4. The van der Waals surface area contributed by atoms with E-state index in [9.17, 15) is 13.6 Å². The van der Waals surface area contributed by atoms with E-state index in [2.05, 4.69) is 5.16 Å². The molecule has 2 rings (SSSR count). The number of aliphatic carboxylic acids is 1. The first-order valence-electron chi connectivity index (χ1n) is 4.87. The highest BCUT2D eigenvalue weighted by molar-refractivity contribution is 6.04. The molecule has 0 spiro atoms. The molecule has 1 N–H and O–H groups in total. The fourth-order valence-electron chi connectivity index (χ4n) is 1.53. The number of halogens is 2. The smallest absolute Gasteiger partial charge is 0.351 e. The van der Waals surface area contributed by atoms with E-state index in [1.165, 1.54) is 19.1 Å². The Morgan fingerprint density at radius 3 is 2.82 bits per heavy atom. The molecule has 0 aliphatic carbocycles. The van der Waals surface area contributed by atoms with Gasteiger partial charge in [0.2, 0.25) is 5.60 Å². The van der Waals surface area contributed by atoms with Crippen molar-refractivity contribution in [2.75, 3.05) is 0 Å². The van der Waals surface area contributed by atoms with Crippen molar-refractivity contribution in [3.8, 4) is 0 Å². The first kappa shape index (κ1) is 11.5. The molecule has 1 heterocycles. The summed E-state index contributed by atoms with van der Waals surface area (Å²) in [5.41, 5.74) is -1.50. The fourth-order valence-corrected chi connectivity index (χ4v) is 1.53. The van der Waals surface area contributed by atoms with E-state index in [1.54, 1.807) is 0 Å². The van der Waals surface area contributed by atoms with Crippen molar-refractivity contribution in [2.45, 2.75) is 18.9 Å². The van der Waals surface area contributed by atoms with Crippen LogP contribution < -0.4 is 0 Å². The molecule has 0 aromatic heterocycles. The number of nitrogens with zero attached hydrogens (tertiary/aromatic N) is 1. The molecule has 1 aliphatic rings. The lowest BCUT2D eigenvalue weighted by molar-refractivity contribution is -0.160. The summed E-state index contributed by atoms with van der Waals surface area (Å²) in [6.45, 7) is 1.32. The normalized spacial score (nSPS) is 23.1. The lowest BCUT2D eigenvalue weighted by Crippen LogP contribution is -2.35. The van der Waals surface area contributed by atoms with Gasteiger partial charge in [0.15, 0.2) is 11.6 Å². The third-order valence-corrected chi connectivity index (χ3v) is 2.58. The van der Waals surface area contributed by atoms with E-state index in [0.717, 1.165) is 6.07 Å². The molecule has 0 radical (unpaired) electrons. The minimum absolute atomic E-state index is 0.0741. The van der Waals surface area contributed by atoms with E-state index >= 15 is 0 Å². The molecule has 90 valence electrons. The van der Waals surface area contributed by atoms with Crippen LogP contribution in [0.15, 0.2) is 23.4 Å². The Hall–Kier alpha value is -1.98. The maximum Gasteiger partial charge on any atom is 0.351 e. The van der Waals surface area contributed by atoms with E-state index in [1.807, 2.05) is 0 Å². The van der Waals surface area contributed by atoms with Crippen molar-refractivity contribution in [1.82, 2.24) is 0 Å². The van der Waals surface area contributed by atoms with Gasteiger partial charge in [-0.3, -0.25) is 0 Å². The lowest BCUT2D eigenvalue weighted by Gasteiger charge is -2.14. The van der Waals surface area contributed by atoms with Gasteiger partial charge < -0.3 is 9.94 Å². The van der Waals surface area contributed by atoms with Crippen LogP contribution in [0.2, 0.25) is 0 Å². The Balaban J connectivity index is 2.33. The minimum Gasteiger partial charge on any atom is -0.478 e. The first-order valence-corrected chi connectivity index (χ1v) is 4.87. The summed E-state index contributed by atoms with van der Waals surface area (Å²) in [4.78, 5) is 15.6. The number of benzene rings is 1. The van der Waals surface area contributed by atoms with Gasteiger partial charge in [-0.1, -0.05) is 11.2 Å². The van der Waals surface area contributed by atoms with Crippen molar-refractivity contribution < 1.29 is 23.5 Å². The van der Waals surface area contributed by atoms with Crippen LogP contribution in [0.25, 0.3) is 0 Å². The molecule has 4 nitrogen and oxygen atoms in total. The van der Waals surface area contributed by atoms with Crippen molar-refractivity contribution in [1.29, 1.82) is 0 Å². The molecule has 0 bridgehead atoms. The number of hydrogen-bond acceptors (Lipinski definition) is 3. The van der Waals surface area contributed by atoms with Gasteiger partial charge >= 0.3 is 5.97 Å². The third-order valence-electron chi connectivity index (χ3n) is 2.58. The van der Waals surface area contributed by atoms with Gasteiger partial charge in [0.1, 0.15) is 0 Å². The first-order chi connectivity index (χ1) is 7.94. The minimum atomic E-state index is -1.52. The van der Waals surface area contributed by atoms with Crippen LogP contribution >= 0.6 is 0 Å². The Morgan fingerprint density at radius 1 is 1.53 bits per heavy atom. The number of hydrogen-bond donors (Lipinski definition) is 1. The quantitative estimate of drug-likeness (QED) is 0.860. The number of carbonyl (C=O) groups is 1. The van der Waals surface area contributed by atoms with Gasteiger partial charge in [-0.25, -0.2) is 13.6 Å². The predicted molar refractivity (Wildman–Crippen MR) is 54.6 cm³/mol. The summed E-state index contributed by atoms with van der Waals surface area (Å²) < 4.78 is 26.4. The van der Waals surface area contributed by atoms with Crippen LogP contribution in [0.1, 0.15) is 18.9 Å². The Bertz CT molecular complexity index is 515. The third kappa shape index (κ3) is 1.86. The SMILES string of the molecule is CC1(C(=O)O)CC(c2cccc(F)c2F)=NO1. The number of carboxylic acid groups (broad SMARTS) is 1. The second kappa shape index (κ2) is 3.80. The second-order valence-electron chi connectivity index (χ2n) is 3.94. The fraction of sp³-hybridized carbons (Fsp3) is 0.273. The summed E-state index contributed by atoms with van der Waals surface area (Å²) in [6.07, 6.45) is -0.108. The molecule has 0 amide bonds. The monoisotopic (exact) mass is 241 g/mol. The van der Waals surface area contributed by atoms with Gasteiger partial charge in [0, 0.05) is 12.0 Å². The van der Waals surface area contributed by atoms with Crippen molar-refractivity contribution in [3.05, 3.63) is 35.4 Å². The molecule has 0 saturated carbocycles. The standard InChI is InChI=1S/C11H9F2NO3/c1-11(10(15)16)5-8(14-17-11)6-3-2-4-7(12)9(6)13/h2-4H,5H2,1H3,(H,15,16).